The largest absolute Gasteiger partial charge is 0.469 e. The van der Waals surface area contributed by atoms with Gasteiger partial charge in [-0.25, -0.2) is 0 Å². The summed E-state index contributed by atoms with van der Waals surface area (Å²) in [6.07, 6.45) is 2.79. The molecule has 8 heteroatoms. The Hall–Kier alpha value is -3.42. The van der Waals surface area contributed by atoms with E-state index in [1.54, 1.807) is 11.0 Å². The minimum Gasteiger partial charge on any atom is -0.469 e. The maximum Gasteiger partial charge on any atom is 0.305 e. The second kappa shape index (κ2) is 7.93. The Morgan fingerprint density at radius 3 is 2.53 bits per heavy atom. The van der Waals surface area contributed by atoms with Crippen LogP contribution in [0.1, 0.15) is 42.5 Å². The summed E-state index contributed by atoms with van der Waals surface area (Å²) < 4.78 is 4.80. The van der Waals surface area contributed by atoms with Crippen molar-refractivity contribution in [1.29, 1.82) is 0 Å². The Bertz CT molecular complexity index is 1140. The first-order valence-electron chi connectivity index (χ1n) is 11.0. The third kappa shape index (κ3) is 3.30. The van der Waals surface area contributed by atoms with Gasteiger partial charge in [-0.15, -0.1) is 0 Å². The first-order valence-corrected chi connectivity index (χ1v) is 11.0. The van der Waals surface area contributed by atoms with Gasteiger partial charge in [0, 0.05) is 48.0 Å². The molecule has 32 heavy (non-hydrogen) atoms. The zero-order valence-electron chi connectivity index (χ0n) is 17.9. The number of amides is 3. The summed E-state index contributed by atoms with van der Waals surface area (Å²) in [7, 11) is 1.42. The number of hydrogen-bond acceptors (Lipinski definition) is 6. The summed E-state index contributed by atoms with van der Waals surface area (Å²) >= 11 is 0. The number of nitrogens with one attached hydrogen (secondary N) is 1. The molecule has 2 aromatic carbocycles. The van der Waals surface area contributed by atoms with Crippen LogP contribution < -0.4 is 15.1 Å². The summed E-state index contributed by atoms with van der Waals surface area (Å²) in [4.78, 5) is 52.8. The van der Waals surface area contributed by atoms with E-state index in [1.807, 2.05) is 24.3 Å². The van der Waals surface area contributed by atoms with Crippen molar-refractivity contribution in [3.63, 3.8) is 0 Å². The van der Waals surface area contributed by atoms with E-state index in [0.717, 1.165) is 48.1 Å². The second-order valence-electron chi connectivity index (χ2n) is 8.68. The fourth-order valence-corrected chi connectivity index (χ4v) is 5.20. The molecule has 3 aliphatic rings. The molecule has 8 nitrogen and oxygen atoms in total. The molecular formula is C24H25N3O5. The van der Waals surface area contributed by atoms with Gasteiger partial charge in [-0.05, 0) is 43.4 Å². The van der Waals surface area contributed by atoms with Gasteiger partial charge in [-0.1, -0.05) is 12.1 Å². The van der Waals surface area contributed by atoms with E-state index in [4.69, 9.17) is 4.74 Å². The maximum atomic E-state index is 13.3. The first kappa shape index (κ1) is 20.5. The van der Waals surface area contributed by atoms with Crippen molar-refractivity contribution in [2.24, 2.45) is 5.92 Å². The van der Waals surface area contributed by atoms with E-state index in [0.29, 0.717) is 24.3 Å². The van der Waals surface area contributed by atoms with Crippen molar-refractivity contribution in [1.82, 2.24) is 5.32 Å². The van der Waals surface area contributed by atoms with Crippen LogP contribution >= 0.6 is 0 Å². The van der Waals surface area contributed by atoms with E-state index in [-0.39, 0.29) is 24.2 Å². The molecule has 0 bridgehead atoms. The molecule has 1 unspecified atom stereocenters. The smallest absolute Gasteiger partial charge is 0.305 e. The molecule has 0 aliphatic carbocycles. The Morgan fingerprint density at radius 1 is 1.06 bits per heavy atom. The molecule has 166 valence electrons. The number of nitrogens with zero attached hydrogens (tertiary/aromatic N) is 2. The van der Waals surface area contributed by atoms with Crippen molar-refractivity contribution in [2.45, 2.75) is 38.1 Å². The number of imide groups is 1. The third-order valence-corrected chi connectivity index (χ3v) is 6.86. The molecule has 0 saturated carbocycles. The fourth-order valence-electron chi connectivity index (χ4n) is 5.20. The SMILES string of the molecule is COC(=O)CC1CCN(c2ccc3c4c(cccc24)C(=O)N3C2CCC(=O)NC2=O)CC1. The van der Waals surface area contributed by atoms with E-state index in [2.05, 4.69) is 10.2 Å². The Labute approximate surface area is 185 Å². The number of methoxy groups -OCH3 is 1. The molecule has 3 aliphatic heterocycles. The van der Waals surface area contributed by atoms with Gasteiger partial charge in [0.2, 0.25) is 11.8 Å². The summed E-state index contributed by atoms with van der Waals surface area (Å²) in [5.41, 5.74) is 2.36. The van der Waals surface area contributed by atoms with Gasteiger partial charge in [0.1, 0.15) is 6.04 Å². The lowest BCUT2D eigenvalue weighted by Gasteiger charge is -2.34. The van der Waals surface area contributed by atoms with Crippen LogP contribution in [0, 0.1) is 5.92 Å². The van der Waals surface area contributed by atoms with Crippen LogP contribution in [0.4, 0.5) is 11.4 Å². The molecule has 0 aromatic heterocycles. The lowest BCUT2D eigenvalue weighted by molar-refractivity contribution is -0.142. The number of hydrogen-bond donors (Lipinski definition) is 1. The lowest BCUT2D eigenvalue weighted by atomic mass is 9.92. The summed E-state index contributed by atoms with van der Waals surface area (Å²) in [5.74, 6) is -0.770. The van der Waals surface area contributed by atoms with E-state index in [1.165, 1.54) is 7.11 Å². The number of benzene rings is 2. The Kier molecular flexibility index (Phi) is 5.07. The molecular weight excluding hydrogens is 410 g/mol. The highest BCUT2D eigenvalue weighted by molar-refractivity contribution is 6.28. The first-order chi connectivity index (χ1) is 15.5. The average Bonchev–Trinajstić information content (AvgIpc) is 3.08. The molecule has 2 saturated heterocycles. The molecule has 1 atom stereocenters. The second-order valence-corrected chi connectivity index (χ2v) is 8.68. The van der Waals surface area contributed by atoms with E-state index < -0.39 is 11.9 Å². The minimum atomic E-state index is -0.685. The predicted molar refractivity (Wildman–Crippen MR) is 118 cm³/mol. The topological polar surface area (TPSA) is 96.0 Å². The van der Waals surface area contributed by atoms with Gasteiger partial charge in [0.15, 0.2) is 0 Å². The molecule has 3 heterocycles. The summed E-state index contributed by atoms with van der Waals surface area (Å²) in [6.45, 7) is 1.65. The highest BCUT2D eigenvalue weighted by Crippen LogP contribution is 2.44. The van der Waals surface area contributed by atoms with Crippen LogP contribution in [-0.4, -0.2) is 49.9 Å². The summed E-state index contributed by atoms with van der Waals surface area (Å²) in [6, 6.07) is 8.93. The van der Waals surface area contributed by atoms with Crippen LogP contribution in [0.15, 0.2) is 30.3 Å². The number of piperidine rings is 2. The average molecular weight is 435 g/mol. The predicted octanol–water partition coefficient (Wildman–Crippen LogP) is 2.38. The van der Waals surface area contributed by atoms with Crippen LogP contribution in [-0.2, 0) is 19.1 Å². The van der Waals surface area contributed by atoms with Crippen molar-refractivity contribution in [3.8, 4) is 0 Å². The van der Waals surface area contributed by atoms with Gasteiger partial charge in [-0.3, -0.25) is 29.4 Å². The molecule has 2 fully saturated rings. The molecule has 2 aromatic rings. The maximum absolute atomic E-state index is 13.3. The van der Waals surface area contributed by atoms with Crippen LogP contribution in [0.2, 0.25) is 0 Å². The third-order valence-electron chi connectivity index (χ3n) is 6.86. The van der Waals surface area contributed by atoms with Crippen molar-refractivity contribution >= 4 is 45.8 Å². The van der Waals surface area contributed by atoms with Crippen molar-refractivity contribution in [2.75, 3.05) is 30.0 Å². The summed E-state index contributed by atoms with van der Waals surface area (Å²) in [5, 5.41) is 4.20. The van der Waals surface area contributed by atoms with Crippen molar-refractivity contribution < 1.29 is 23.9 Å². The highest BCUT2D eigenvalue weighted by atomic mass is 16.5. The van der Waals surface area contributed by atoms with Gasteiger partial charge < -0.3 is 9.64 Å². The van der Waals surface area contributed by atoms with Crippen LogP contribution in [0.3, 0.4) is 0 Å². The molecule has 5 rings (SSSR count). The lowest BCUT2D eigenvalue weighted by Crippen LogP contribution is -2.53. The van der Waals surface area contributed by atoms with Gasteiger partial charge in [0.25, 0.3) is 5.91 Å². The van der Waals surface area contributed by atoms with Crippen LogP contribution in [0.25, 0.3) is 10.8 Å². The quantitative estimate of drug-likeness (QED) is 0.585. The fraction of sp³-hybridized carbons (Fsp3) is 0.417. The van der Waals surface area contributed by atoms with E-state index >= 15 is 0 Å². The number of anilines is 2. The Morgan fingerprint density at radius 2 is 1.81 bits per heavy atom. The Balaban J connectivity index is 1.45. The van der Waals surface area contributed by atoms with Crippen molar-refractivity contribution in [3.05, 3.63) is 35.9 Å². The minimum absolute atomic E-state index is 0.166. The number of carbonyl (C=O) groups excluding carboxylic acids is 4. The standard InChI is InChI=1S/C24H25N3O5/c1-32-21(29)13-14-9-11-26(12-10-14)17-5-6-18-22-15(17)3-2-4-16(22)24(31)27(18)19-7-8-20(28)25-23(19)30/h2-6,14,19H,7-13H2,1H3,(H,25,28,30). The monoisotopic (exact) mass is 435 g/mol. The van der Waals surface area contributed by atoms with Crippen LogP contribution in [0.5, 0.6) is 0 Å². The van der Waals surface area contributed by atoms with Gasteiger partial charge >= 0.3 is 5.97 Å². The zero-order chi connectivity index (χ0) is 22.4. The van der Waals surface area contributed by atoms with Gasteiger partial charge in [0.05, 0.1) is 12.8 Å². The number of rotatable bonds is 4. The molecule has 0 spiro atoms. The highest BCUT2D eigenvalue weighted by Gasteiger charge is 2.41. The number of ether oxygens (including phenoxy) is 1. The number of carbonyl (C=O) groups is 4. The molecule has 0 radical (unpaired) electrons. The number of esters is 1. The molecule has 3 amide bonds. The zero-order valence-corrected chi connectivity index (χ0v) is 17.9. The normalized spacial score (nSPS) is 21.3. The van der Waals surface area contributed by atoms with E-state index in [9.17, 15) is 19.2 Å². The molecule has 1 N–H and O–H groups in total. The van der Waals surface area contributed by atoms with Gasteiger partial charge in [-0.2, -0.15) is 0 Å².